The number of nitrogens with zero attached hydrogens (tertiary/aromatic N) is 1. The van der Waals surface area contributed by atoms with Crippen LogP contribution in [0.4, 0.5) is 0 Å². The van der Waals surface area contributed by atoms with Crippen LogP contribution in [-0.2, 0) is 10.0 Å². The third kappa shape index (κ3) is 3.62. The first-order valence-electron chi connectivity index (χ1n) is 9.79. The van der Waals surface area contributed by atoms with Crippen LogP contribution in [0, 0.1) is 6.92 Å². The molecule has 150 valence electrons. The van der Waals surface area contributed by atoms with E-state index in [2.05, 4.69) is 5.32 Å². The van der Waals surface area contributed by atoms with Gasteiger partial charge in [0.05, 0.1) is 22.6 Å². The summed E-state index contributed by atoms with van der Waals surface area (Å²) in [5.41, 5.74) is 2.31. The van der Waals surface area contributed by atoms with Crippen LogP contribution >= 0.6 is 0 Å². The molecule has 1 N–H and O–H groups in total. The first kappa shape index (κ1) is 19.8. The van der Waals surface area contributed by atoms with Gasteiger partial charge in [0.25, 0.3) is 0 Å². The van der Waals surface area contributed by atoms with Crippen molar-refractivity contribution >= 4 is 10.0 Å². The molecule has 0 radical (unpaired) electrons. The Bertz CT molecular complexity index is 1080. The van der Waals surface area contributed by atoms with Crippen molar-refractivity contribution in [2.24, 2.45) is 0 Å². The lowest BCUT2D eigenvalue weighted by Crippen LogP contribution is -2.49. The van der Waals surface area contributed by atoms with Crippen molar-refractivity contribution in [1.29, 1.82) is 0 Å². The van der Waals surface area contributed by atoms with E-state index in [0.29, 0.717) is 4.90 Å². The molecule has 1 aliphatic heterocycles. The Morgan fingerprint density at radius 3 is 1.86 bits per heavy atom. The van der Waals surface area contributed by atoms with E-state index in [1.807, 2.05) is 93.6 Å². The van der Waals surface area contributed by atoms with E-state index < -0.39 is 15.7 Å². The molecule has 5 heteroatoms. The Hall–Kier alpha value is -2.47. The van der Waals surface area contributed by atoms with E-state index in [-0.39, 0.29) is 12.1 Å². The second kappa shape index (κ2) is 7.41. The highest BCUT2D eigenvalue weighted by atomic mass is 32.2. The molecule has 2 atom stereocenters. The molecule has 0 spiro atoms. The fraction of sp³-hybridized carbons (Fsp3) is 0.250. The van der Waals surface area contributed by atoms with E-state index in [9.17, 15) is 8.42 Å². The van der Waals surface area contributed by atoms with Crippen LogP contribution in [0.2, 0.25) is 0 Å². The maximum Gasteiger partial charge on any atom is 0.245 e. The Labute approximate surface area is 173 Å². The summed E-state index contributed by atoms with van der Waals surface area (Å²) in [6.07, 6.45) is 0. The lowest BCUT2D eigenvalue weighted by molar-refractivity contribution is 0.230. The molecule has 1 aliphatic rings. The number of benzene rings is 3. The summed E-state index contributed by atoms with van der Waals surface area (Å²) in [4.78, 5) is 0.313. The van der Waals surface area contributed by atoms with Gasteiger partial charge in [-0.3, -0.25) is 5.32 Å². The number of hydrogen-bond acceptors (Lipinski definition) is 3. The largest absolute Gasteiger partial charge is 0.290 e. The molecule has 0 saturated carbocycles. The minimum atomic E-state index is -3.73. The summed E-state index contributed by atoms with van der Waals surface area (Å²) in [7, 11) is -3.73. The fourth-order valence-corrected chi connectivity index (χ4v) is 6.09. The Balaban J connectivity index is 1.89. The van der Waals surface area contributed by atoms with E-state index in [0.717, 1.165) is 16.7 Å². The summed E-state index contributed by atoms with van der Waals surface area (Å²) in [5.74, 6) is 0. The fourth-order valence-electron chi connectivity index (χ4n) is 4.18. The maximum absolute atomic E-state index is 13.8. The smallest absolute Gasteiger partial charge is 0.245 e. The number of aryl methyl sites for hydroxylation is 1. The number of sulfonamides is 1. The zero-order chi connectivity index (χ0) is 20.6. The van der Waals surface area contributed by atoms with Crippen LogP contribution < -0.4 is 5.32 Å². The van der Waals surface area contributed by atoms with Crippen molar-refractivity contribution < 1.29 is 8.42 Å². The summed E-state index contributed by atoms with van der Waals surface area (Å²) in [6, 6.07) is 26.5. The predicted octanol–water partition coefficient (Wildman–Crippen LogP) is 4.81. The molecular formula is C24H26N2O2S. The molecular weight excluding hydrogens is 380 g/mol. The third-order valence-corrected chi connectivity index (χ3v) is 7.57. The number of hydrogen-bond donors (Lipinski definition) is 1. The molecule has 4 rings (SSSR count). The Kier molecular flexibility index (Phi) is 5.07. The summed E-state index contributed by atoms with van der Waals surface area (Å²) < 4.78 is 29.3. The molecule has 1 fully saturated rings. The first-order chi connectivity index (χ1) is 13.8. The van der Waals surface area contributed by atoms with Gasteiger partial charge in [-0.2, -0.15) is 4.31 Å². The average molecular weight is 407 g/mol. The van der Waals surface area contributed by atoms with Crippen molar-refractivity contribution in [2.45, 2.75) is 43.4 Å². The van der Waals surface area contributed by atoms with E-state index in [1.54, 1.807) is 16.4 Å². The highest BCUT2D eigenvalue weighted by molar-refractivity contribution is 7.89. The monoisotopic (exact) mass is 406 g/mol. The van der Waals surface area contributed by atoms with Crippen molar-refractivity contribution in [1.82, 2.24) is 9.62 Å². The van der Waals surface area contributed by atoms with Crippen LogP contribution in [-0.4, -0.2) is 18.4 Å². The van der Waals surface area contributed by atoms with Gasteiger partial charge in [0.15, 0.2) is 0 Å². The van der Waals surface area contributed by atoms with Gasteiger partial charge in [-0.15, -0.1) is 0 Å². The quantitative estimate of drug-likeness (QED) is 0.677. The van der Waals surface area contributed by atoms with Crippen molar-refractivity contribution in [3.05, 3.63) is 102 Å². The predicted molar refractivity (Wildman–Crippen MR) is 116 cm³/mol. The van der Waals surface area contributed by atoms with Crippen molar-refractivity contribution in [3.8, 4) is 0 Å². The van der Waals surface area contributed by atoms with Crippen LogP contribution in [0.1, 0.15) is 42.6 Å². The standard InChI is InChI=1S/C24H26N2O2S/c1-18-14-16-21(17-15-18)29(27,28)26-23(20-12-8-5-9-13-20)22(25-24(26,2)3)19-10-6-4-7-11-19/h4-17,22-23,25H,1-3H3/t22?,23-/m1/s1. The van der Waals surface area contributed by atoms with Gasteiger partial charge in [0.1, 0.15) is 0 Å². The van der Waals surface area contributed by atoms with Crippen molar-refractivity contribution in [3.63, 3.8) is 0 Å². The van der Waals surface area contributed by atoms with Gasteiger partial charge in [-0.25, -0.2) is 8.42 Å². The van der Waals surface area contributed by atoms with Gasteiger partial charge in [-0.1, -0.05) is 78.4 Å². The highest BCUT2D eigenvalue weighted by Gasteiger charge is 2.52. The number of rotatable bonds is 4. The molecule has 0 aliphatic carbocycles. The van der Waals surface area contributed by atoms with E-state index >= 15 is 0 Å². The number of nitrogens with one attached hydrogen (secondary N) is 1. The van der Waals surface area contributed by atoms with Gasteiger partial charge < -0.3 is 0 Å². The summed E-state index contributed by atoms with van der Waals surface area (Å²) >= 11 is 0. The molecule has 4 nitrogen and oxygen atoms in total. The molecule has 1 unspecified atom stereocenters. The Morgan fingerprint density at radius 2 is 1.31 bits per heavy atom. The molecule has 0 aromatic heterocycles. The molecule has 3 aromatic carbocycles. The molecule has 1 saturated heterocycles. The van der Waals surface area contributed by atoms with E-state index in [4.69, 9.17) is 0 Å². The zero-order valence-electron chi connectivity index (χ0n) is 16.9. The zero-order valence-corrected chi connectivity index (χ0v) is 17.7. The van der Waals surface area contributed by atoms with Crippen molar-refractivity contribution in [2.75, 3.05) is 0 Å². The molecule has 1 heterocycles. The normalized spacial score (nSPS) is 21.9. The summed E-state index contributed by atoms with van der Waals surface area (Å²) in [6.45, 7) is 5.81. The topological polar surface area (TPSA) is 49.4 Å². The first-order valence-corrected chi connectivity index (χ1v) is 11.2. The SMILES string of the molecule is Cc1ccc(S(=O)(=O)N2[C@H](c3ccccc3)C(c3ccccc3)NC2(C)C)cc1. The second-order valence-corrected chi connectivity index (χ2v) is 9.88. The third-order valence-electron chi connectivity index (χ3n) is 5.51. The lowest BCUT2D eigenvalue weighted by atomic mass is 9.95. The van der Waals surface area contributed by atoms with Crippen LogP contribution in [0.25, 0.3) is 0 Å². The maximum atomic E-state index is 13.8. The minimum absolute atomic E-state index is 0.158. The van der Waals surface area contributed by atoms with Gasteiger partial charge in [0.2, 0.25) is 10.0 Å². The van der Waals surface area contributed by atoms with Crippen LogP contribution in [0.5, 0.6) is 0 Å². The van der Waals surface area contributed by atoms with E-state index in [1.165, 1.54) is 0 Å². The molecule has 0 bridgehead atoms. The summed E-state index contributed by atoms with van der Waals surface area (Å²) in [5, 5.41) is 3.58. The lowest BCUT2D eigenvalue weighted by Gasteiger charge is -2.34. The highest BCUT2D eigenvalue weighted by Crippen LogP contribution is 2.47. The molecule has 3 aromatic rings. The average Bonchev–Trinajstić information content (AvgIpc) is 3.01. The van der Waals surface area contributed by atoms with Gasteiger partial charge in [0, 0.05) is 0 Å². The minimum Gasteiger partial charge on any atom is -0.290 e. The van der Waals surface area contributed by atoms with Crippen LogP contribution in [0.3, 0.4) is 0 Å². The van der Waals surface area contributed by atoms with Gasteiger partial charge >= 0.3 is 0 Å². The van der Waals surface area contributed by atoms with Crippen LogP contribution in [0.15, 0.2) is 89.8 Å². The second-order valence-electron chi connectivity index (χ2n) is 8.06. The molecule has 0 amide bonds. The molecule has 29 heavy (non-hydrogen) atoms. The Morgan fingerprint density at radius 1 is 0.793 bits per heavy atom. The van der Waals surface area contributed by atoms with Gasteiger partial charge in [-0.05, 0) is 44.0 Å².